The Morgan fingerprint density at radius 3 is 1.67 bits per heavy atom. The maximum Gasteiger partial charge on any atom is 0.414 e. The summed E-state index contributed by atoms with van der Waals surface area (Å²) >= 11 is 0. The largest absolute Gasteiger partial charge is 0.473 e. The zero-order chi connectivity index (χ0) is 19.6. The first-order valence-electron chi connectivity index (χ1n) is 10.3. The summed E-state index contributed by atoms with van der Waals surface area (Å²) in [4.78, 5) is 26.1. The lowest BCUT2D eigenvalue weighted by molar-refractivity contribution is -0.159. The van der Waals surface area contributed by atoms with Gasteiger partial charge in [-0.1, -0.05) is 19.3 Å². The molecule has 8 nitrogen and oxygen atoms in total. The van der Waals surface area contributed by atoms with Crippen LogP contribution in [0.3, 0.4) is 0 Å². The Kier molecular flexibility index (Phi) is 9.47. The van der Waals surface area contributed by atoms with E-state index in [1.165, 1.54) is 71.1 Å². The van der Waals surface area contributed by atoms with Crippen molar-refractivity contribution in [3.05, 3.63) is 0 Å². The summed E-state index contributed by atoms with van der Waals surface area (Å²) in [5.74, 6) is -3.65. The van der Waals surface area contributed by atoms with Crippen molar-refractivity contribution in [2.24, 2.45) is 0 Å². The van der Waals surface area contributed by atoms with E-state index in [-0.39, 0.29) is 0 Å². The number of β-amino-alcohol motifs (C(OH)–C–C–N with tert-alkyl or cyclic N) is 1. The summed E-state index contributed by atoms with van der Waals surface area (Å²) in [6, 6.07) is 1.72. The van der Waals surface area contributed by atoms with Gasteiger partial charge in [0, 0.05) is 44.8 Å². The minimum atomic E-state index is -1.82. The first kappa shape index (κ1) is 22.1. The van der Waals surface area contributed by atoms with Crippen molar-refractivity contribution in [2.75, 3.05) is 52.4 Å². The Balaban J connectivity index is 0.000000380. The third-order valence-corrected chi connectivity index (χ3v) is 6.11. The lowest BCUT2D eigenvalue weighted by Crippen LogP contribution is -2.54. The number of rotatable bonds is 4. The number of likely N-dealkylation sites (tertiary alicyclic amines) is 1. The van der Waals surface area contributed by atoms with E-state index in [2.05, 4.69) is 14.7 Å². The van der Waals surface area contributed by atoms with Crippen molar-refractivity contribution < 1.29 is 24.9 Å². The maximum atomic E-state index is 9.10. The zero-order valence-electron chi connectivity index (χ0n) is 16.3. The van der Waals surface area contributed by atoms with Gasteiger partial charge in [-0.25, -0.2) is 9.59 Å². The predicted octanol–water partition coefficient (Wildman–Crippen LogP) is 0.549. The Labute approximate surface area is 161 Å². The predicted molar refractivity (Wildman–Crippen MR) is 102 cm³/mol. The third-order valence-electron chi connectivity index (χ3n) is 6.11. The molecule has 0 unspecified atom stereocenters. The van der Waals surface area contributed by atoms with Crippen LogP contribution in [0, 0.1) is 0 Å². The highest BCUT2D eigenvalue weighted by Gasteiger charge is 2.30. The molecule has 156 valence electrons. The molecule has 3 aliphatic rings. The summed E-state index contributed by atoms with van der Waals surface area (Å²) in [6.45, 7) is 8.50. The number of piperazine rings is 1. The van der Waals surface area contributed by atoms with Crippen LogP contribution < -0.4 is 0 Å². The van der Waals surface area contributed by atoms with Crippen LogP contribution in [0.5, 0.6) is 0 Å². The molecule has 2 aliphatic heterocycles. The van der Waals surface area contributed by atoms with Crippen LogP contribution >= 0.6 is 0 Å². The molecule has 27 heavy (non-hydrogen) atoms. The Morgan fingerprint density at radius 2 is 1.19 bits per heavy atom. The van der Waals surface area contributed by atoms with Crippen LogP contribution in [-0.2, 0) is 9.59 Å². The Morgan fingerprint density at radius 1 is 0.704 bits per heavy atom. The van der Waals surface area contributed by atoms with Crippen LogP contribution in [0.25, 0.3) is 0 Å². The molecule has 1 saturated carbocycles. The molecule has 0 radical (unpaired) electrons. The Bertz CT molecular complexity index is 442. The summed E-state index contributed by atoms with van der Waals surface area (Å²) in [7, 11) is 0. The zero-order valence-corrected chi connectivity index (χ0v) is 16.3. The lowest BCUT2D eigenvalue weighted by atomic mass is 9.91. The van der Waals surface area contributed by atoms with E-state index in [9.17, 15) is 0 Å². The van der Waals surface area contributed by atoms with Crippen molar-refractivity contribution in [1.29, 1.82) is 0 Å². The van der Waals surface area contributed by atoms with Gasteiger partial charge < -0.3 is 20.2 Å². The van der Waals surface area contributed by atoms with Crippen molar-refractivity contribution in [3.8, 4) is 0 Å². The van der Waals surface area contributed by atoms with E-state index >= 15 is 0 Å². The fourth-order valence-electron chi connectivity index (χ4n) is 4.56. The summed E-state index contributed by atoms with van der Waals surface area (Å²) < 4.78 is 0. The first-order valence-corrected chi connectivity index (χ1v) is 10.3. The number of carboxylic acids is 2. The van der Waals surface area contributed by atoms with Crippen molar-refractivity contribution in [3.63, 3.8) is 0 Å². The molecule has 0 atom stereocenters. The maximum absolute atomic E-state index is 9.10. The number of piperidine rings is 1. The van der Waals surface area contributed by atoms with E-state index in [0.717, 1.165) is 31.7 Å². The van der Waals surface area contributed by atoms with Crippen LogP contribution in [0.1, 0.15) is 44.9 Å². The van der Waals surface area contributed by atoms with Gasteiger partial charge in [0.05, 0.1) is 6.61 Å². The van der Waals surface area contributed by atoms with Crippen LogP contribution in [0.15, 0.2) is 0 Å². The molecule has 0 spiro atoms. The molecule has 1 aliphatic carbocycles. The third kappa shape index (κ3) is 7.37. The summed E-state index contributed by atoms with van der Waals surface area (Å²) in [6.07, 6.45) is 10.0. The molecular weight excluding hydrogens is 350 g/mol. The molecule has 3 rings (SSSR count). The van der Waals surface area contributed by atoms with Crippen molar-refractivity contribution in [2.45, 2.75) is 57.0 Å². The highest BCUT2D eigenvalue weighted by atomic mass is 16.4. The molecule has 0 aromatic carbocycles. The number of hydrogen-bond acceptors (Lipinski definition) is 6. The monoisotopic (exact) mass is 385 g/mol. The quantitative estimate of drug-likeness (QED) is 0.603. The van der Waals surface area contributed by atoms with Crippen molar-refractivity contribution >= 4 is 11.9 Å². The van der Waals surface area contributed by atoms with E-state index in [1.54, 1.807) is 0 Å². The second-order valence-corrected chi connectivity index (χ2v) is 7.77. The second-order valence-electron chi connectivity index (χ2n) is 7.77. The number of aliphatic hydroxyl groups excluding tert-OH is 1. The molecule has 0 aromatic heterocycles. The number of aliphatic hydroxyl groups is 1. The van der Waals surface area contributed by atoms with E-state index < -0.39 is 11.9 Å². The fraction of sp³-hybridized carbons (Fsp3) is 0.895. The molecule has 0 bridgehead atoms. The standard InChI is InChI=1S/C17H33N3O.C2H2O4/c21-15-14-18-10-12-20(13-11-18)17-6-8-19(9-7-17)16-4-2-1-3-5-16;3-1(4)2(5)6/h16-17,21H,1-15H2;(H,3,4)(H,5,6). The second kappa shape index (κ2) is 11.6. The summed E-state index contributed by atoms with van der Waals surface area (Å²) in [5, 5.41) is 23.8. The van der Waals surface area contributed by atoms with Gasteiger partial charge in [-0.15, -0.1) is 0 Å². The highest BCUT2D eigenvalue weighted by Crippen LogP contribution is 2.26. The fourth-order valence-corrected chi connectivity index (χ4v) is 4.56. The molecule has 3 fully saturated rings. The smallest absolute Gasteiger partial charge is 0.414 e. The van der Waals surface area contributed by atoms with Crippen LogP contribution in [-0.4, -0.2) is 106 Å². The molecule has 3 N–H and O–H groups in total. The average molecular weight is 386 g/mol. The number of carbonyl (C=O) groups is 2. The normalized spacial score (nSPS) is 24.2. The van der Waals surface area contributed by atoms with Gasteiger partial charge in [0.15, 0.2) is 0 Å². The van der Waals surface area contributed by atoms with Gasteiger partial charge >= 0.3 is 11.9 Å². The minimum Gasteiger partial charge on any atom is -0.473 e. The van der Waals surface area contributed by atoms with Gasteiger partial charge in [0.1, 0.15) is 0 Å². The van der Waals surface area contributed by atoms with Crippen LogP contribution in [0.4, 0.5) is 0 Å². The van der Waals surface area contributed by atoms with Gasteiger partial charge in [-0.3, -0.25) is 9.80 Å². The SMILES string of the molecule is O=C(O)C(=O)O.OCCN1CCN(C2CCN(C3CCCCC3)CC2)CC1. The van der Waals surface area contributed by atoms with Gasteiger partial charge in [0.25, 0.3) is 0 Å². The van der Waals surface area contributed by atoms with E-state index in [0.29, 0.717) is 6.61 Å². The van der Waals surface area contributed by atoms with Gasteiger partial charge in [-0.2, -0.15) is 0 Å². The molecule has 0 aromatic rings. The molecule has 2 heterocycles. The number of aliphatic carboxylic acids is 2. The molecule has 0 amide bonds. The van der Waals surface area contributed by atoms with Crippen molar-refractivity contribution in [1.82, 2.24) is 14.7 Å². The Hall–Kier alpha value is -1.22. The van der Waals surface area contributed by atoms with Gasteiger partial charge in [0.2, 0.25) is 0 Å². The van der Waals surface area contributed by atoms with Crippen LogP contribution in [0.2, 0.25) is 0 Å². The molecular formula is C19H35N3O5. The number of hydrogen-bond donors (Lipinski definition) is 3. The van der Waals surface area contributed by atoms with Gasteiger partial charge in [-0.05, 0) is 38.8 Å². The average Bonchev–Trinajstić information content (AvgIpc) is 2.70. The highest BCUT2D eigenvalue weighted by molar-refractivity contribution is 6.27. The first-order chi connectivity index (χ1) is 13.0. The number of carboxylic acid groups (broad SMARTS) is 2. The summed E-state index contributed by atoms with van der Waals surface area (Å²) in [5.41, 5.74) is 0. The van der Waals surface area contributed by atoms with E-state index in [1.807, 2.05) is 0 Å². The topological polar surface area (TPSA) is 105 Å². The minimum absolute atomic E-state index is 0.305. The molecule has 2 saturated heterocycles. The lowest BCUT2D eigenvalue weighted by Gasteiger charge is -2.45. The van der Waals surface area contributed by atoms with E-state index in [4.69, 9.17) is 24.9 Å². The molecule has 8 heteroatoms. The number of nitrogens with zero attached hydrogens (tertiary/aromatic N) is 3.